The second-order valence-corrected chi connectivity index (χ2v) is 2.56. The van der Waals surface area contributed by atoms with Gasteiger partial charge >= 0.3 is 6.03 Å². The predicted octanol–water partition coefficient (Wildman–Crippen LogP) is -1.10. The van der Waals surface area contributed by atoms with Gasteiger partial charge in [-0.2, -0.15) is 0 Å². The summed E-state index contributed by atoms with van der Waals surface area (Å²) in [6, 6.07) is -0.340. The summed E-state index contributed by atoms with van der Waals surface area (Å²) in [6.07, 6.45) is 0. The minimum Gasteiger partial charge on any atom is -0.350 e. The molecule has 0 aromatic heterocycles. The van der Waals surface area contributed by atoms with E-state index < -0.39 is 0 Å². The molecule has 0 saturated carbocycles. The molecular formula is C6H7N3O2. The van der Waals surface area contributed by atoms with Gasteiger partial charge < -0.3 is 10.6 Å². The molecule has 1 atom stereocenters. The average molecular weight is 153 g/mol. The molecule has 0 aliphatic carbocycles. The normalized spacial score (nSPS) is 28.7. The lowest BCUT2D eigenvalue weighted by Crippen LogP contribution is -2.38. The molecule has 0 aromatic carbocycles. The first-order valence-corrected chi connectivity index (χ1v) is 3.40. The van der Waals surface area contributed by atoms with Crippen molar-refractivity contribution in [1.82, 2.24) is 10.6 Å². The summed E-state index contributed by atoms with van der Waals surface area (Å²) in [4.78, 5) is 25.3. The first-order valence-electron chi connectivity index (χ1n) is 3.40. The molecular weight excluding hydrogens is 146 g/mol. The smallest absolute Gasteiger partial charge is 0.340 e. The van der Waals surface area contributed by atoms with Gasteiger partial charge in [-0.05, 0) is 0 Å². The molecule has 0 aromatic rings. The first kappa shape index (κ1) is 6.33. The van der Waals surface area contributed by atoms with Gasteiger partial charge in [-0.1, -0.05) is 0 Å². The van der Waals surface area contributed by atoms with Gasteiger partial charge in [-0.25, -0.2) is 9.79 Å². The Kier molecular flexibility index (Phi) is 1.18. The standard InChI is InChI=1S/C6H7N3O2/c10-5-3-1-8-6(11)9-4(3)2-7-5/h3H,1-2H2,(H,7,10)(H,8,11). The maximum Gasteiger partial charge on any atom is 0.340 e. The molecule has 2 aliphatic rings. The van der Waals surface area contributed by atoms with E-state index in [-0.39, 0.29) is 17.9 Å². The molecule has 0 radical (unpaired) electrons. The number of amides is 3. The minimum absolute atomic E-state index is 0.0382. The Morgan fingerprint density at radius 3 is 3.00 bits per heavy atom. The molecule has 3 amide bonds. The van der Waals surface area contributed by atoms with Crippen molar-refractivity contribution in [3.05, 3.63) is 0 Å². The monoisotopic (exact) mass is 153 g/mol. The van der Waals surface area contributed by atoms with Crippen molar-refractivity contribution in [2.24, 2.45) is 10.9 Å². The molecule has 5 heteroatoms. The summed E-state index contributed by atoms with van der Waals surface area (Å²) in [5, 5.41) is 5.12. The Morgan fingerprint density at radius 2 is 2.18 bits per heavy atom. The van der Waals surface area contributed by atoms with Crippen molar-refractivity contribution in [3.63, 3.8) is 0 Å². The molecule has 1 unspecified atom stereocenters. The molecule has 1 fully saturated rings. The quantitative estimate of drug-likeness (QED) is 0.463. The second-order valence-electron chi connectivity index (χ2n) is 2.56. The fraction of sp³-hybridized carbons (Fsp3) is 0.500. The number of nitrogens with zero attached hydrogens (tertiary/aromatic N) is 1. The zero-order valence-electron chi connectivity index (χ0n) is 5.76. The number of aliphatic imine (C=N–C) groups is 1. The van der Waals surface area contributed by atoms with Crippen LogP contribution in [0.2, 0.25) is 0 Å². The topological polar surface area (TPSA) is 70.6 Å². The van der Waals surface area contributed by atoms with Gasteiger partial charge in [0.2, 0.25) is 5.91 Å². The number of rotatable bonds is 0. The third kappa shape index (κ3) is 0.886. The number of fused-ring (bicyclic) bond motifs is 1. The van der Waals surface area contributed by atoms with Crippen molar-refractivity contribution < 1.29 is 9.59 Å². The summed E-state index contributed by atoms with van der Waals surface area (Å²) in [6.45, 7) is 0.820. The van der Waals surface area contributed by atoms with Gasteiger partial charge in [0.05, 0.1) is 18.2 Å². The lowest BCUT2D eigenvalue weighted by Gasteiger charge is -2.13. The summed E-state index contributed by atoms with van der Waals surface area (Å²) < 4.78 is 0. The zero-order valence-corrected chi connectivity index (χ0v) is 5.76. The largest absolute Gasteiger partial charge is 0.350 e. The highest BCUT2D eigenvalue weighted by molar-refractivity contribution is 6.15. The fourth-order valence-electron chi connectivity index (χ4n) is 1.26. The summed E-state index contributed by atoms with van der Waals surface area (Å²) >= 11 is 0. The van der Waals surface area contributed by atoms with Gasteiger partial charge in [0, 0.05) is 6.54 Å². The SMILES string of the molecule is O=C1N=C2CNC(=O)C2CN1. The molecule has 2 heterocycles. The van der Waals surface area contributed by atoms with Crippen molar-refractivity contribution in [2.75, 3.05) is 13.1 Å². The Morgan fingerprint density at radius 1 is 1.36 bits per heavy atom. The number of carbonyl (C=O) groups excluding carboxylic acids is 2. The van der Waals surface area contributed by atoms with E-state index in [1.54, 1.807) is 0 Å². The Labute approximate surface area is 62.9 Å². The van der Waals surface area contributed by atoms with Crippen LogP contribution in [0, 0.1) is 5.92 Å². The van der Waals surface area contributed by atoms with E-state index in [4.69, 9.17) is 0 Å². The van der Waals surface area contributed by atoms with Crippen LogP contribution in [-0.4, -0.2) is 30.7 Å². The van der Waals surface area contributed by atoms with Crippen LogP contribution in [0.4, 0.5) is 4.79 Å². The molecule has 5 nitrogen and oxygen atoms in total. The van der Waals surface area contributed by atoms with Gasteiger partial charge in [-0.3, -0.25) is 4.79 Å². The van der Waals surface area contributed by atoms with E-state index in [0.717, 1.165) is 0 Å². The third-order valence-electron chi connectivity index (χ3n) is 1.87. The Hall–Kier alpha value is -1.39. The first-order chi connectivity index (χ1) is 5.27. The second kappa shape index (κ2) is 2.05. The number of carbonyl (C=O) groups is 2. The van der Waals surface area contributed by atoms with E-state index in [2.05, 4.69) is 15.6 Å². The van der Waals surface area contributed by atoms with Crippen LogP contribution in [-0.2, 0) is 4.79 Å². The highest BCUT2D eigenvalue weighted by Crippen LogP contribution is 2.09. The minimum atomic E-state index is -0.340. The molecule has 2 N–H and O–H groups in total. The van der Waals surface area contributed by atoms with Crippen LogP contribution in [0.5, 0.6) is 0 Å². The zero-order chi connectivity index (χ0) is 7.84. The maximum absolute atomic E-state index is 11.0. The molecule has 2 rings (SSSR count). The van der Waals surface area contributed by atoms with Gasteiger partial charge in [0.25, 0.3) is 0 Å². The van der Waals surface area contributed by atoms with Crippen LogP contribution in [0.3, 0.4) is 0 Å². The van der Waals surface area contributed by atoms with E-state index in [1.165, 1.54) is 0 Å². The number of urea groups is 1. The van der Waals surface area contributed by atoms with Gasteiger partial charge in [0.15, 0.2) is 0 Å². The summed E-state index contributed by atoms with van der Waals surface area (Å²) in [7, 11) is 0. The van der Waals surface area contributed by atoms with Crippen LogP contribution < -0.4 is 10.6 Å². The van der Waals surface area contributed by atoms with Crippen LogP contribution >= 0.6 is 0 Å². The number of hydrogen-bond donors (Lipinski definition) is 2. The predicted molar refractivity (Wildman–Crippen MR) is 37.3 cm³/mol. The van der Waals surface area contributed by atoms with Crippen LogP contribution in [0.25, 0.3) is 0 Å². The molecule has 0 spiro atoms. The lowest BCUT2D eigenvalue weighted by molar-refractivity contribution is -0.121. The van der Waals surface area contributed by atoms with E-state index >= 15 is 0 Å². The fourth-order valence-corrected chi connectivity index (χ4v) is 1.26. The molecule has 11 heavy (non-hydrogen) atoms. The van der Waals surface area contributed by atoms with E-state index in [0.29, 0.717) is 18.8 Å². The van der Waals surface area contributed by atoms with Crippen molar-refractivity contribution in [2.45, 2.75) is 0 Å². The van der Waals surface area contributed by atoms with Gasteiger partial charge in [-0.15, -0.1) is 0 Å². The van der Waals surface area contributed by atoms with Crippen molar-refractivity contribution >= 4 is 17.6 Å². The van der Waals surface area contributed by atoms with Crippen molar-refractivity contribution in [3.8, 4) is 0 Å². The maximum atomic E-state index is 11.0. The molecule has 2 aliphatic heterocycles. The summed E-state index contributed by atoms with van der Waals surface area (Å²) in [5.74, 6) is -0.253. The third-order valence-corrected chi connectivity index (χ3v) is 1.87. The Bertz CT molecular complexity index is 259. The van der Waals surface area contributed by atoms with Crippen molar-refractivity contribution in [1.29, 1.82) is 0 Å². The Balaban J connectivity index is 2.31. The highest BCUT2D eigenvalue weighted by atomic mass is 16.2. The number of nitrogens with one attached hydrogen (secondary N) is 2. The average Bonchev–Trinajstić information content (AvgIpc) is 2.32. The number of hydrogen-bond acceptors (Lipinski definition) is 2. The van der Waals surface area contributed by atoms with Crippen LogP contribution in [0.1, 0.15) is 0 Å². The van der Waals surface area contributed by atoms with E-state index in [9.17, 15) is 9.59 Å². The molecule has 0 bridgehead atoms. The summed E-state index contributed by atoms with van der Waals surface area (Å²) in [5.41, 5.74) is 0.666. The van der Waals surface area contributed by atoms with E-state index in [1.807, 2.05) is 0 Å². The van der Waals surface area contributed by atoms with Gasteiger partial charge in [0.1, 0.15) is 0 Å². The highest BCUT2D eigenvalue weighted by Gasteiger charge is 2.34. The molecule has 58 valence electrons. The van der Waals surface area contributed by atoms with Crippen LogP contribution in [0.15, 0.2) is 4.99 Å². The molecule has 1 saturated heterocycles. The lowest BCUT2D eigenvalue weighted by atomic mass is 10.1.